The van der Waals surface area contributed by atoms with Crippen LogP contribution >= 0.6 is 11.6 Å². The van der Waals surface area contributed by atoms with Gasteiger partial charge in [0.15, 0.2) is 0 Å². The van der Waals surface area contributed by atoms with E-state index in [0.717, 1.165) is 5.56 Å². The molecule has 0 heterocycles. The predicted octanol–water partition coefficient (Wildman–Crippen LogP) is 2.46. The van der Waals surface area contributed by atoms with E-state index >= 15 is 0 Å². The molecule has 0 aliphatic rings. The zero-order chi connectivity index (χ0) is 12.8. The molecule has 1 aromatic carbocycles. The number of halogens is 1. The zero-order valence-electron chi connectivity index (χ0n) is 10.1. The van der Waals surface area contributed by atoms with Crippen LogP contribution in [-0.2, 0) is 16.0 Å². The van der Waals surface area contributed by atoms with E-state index < -0.39 is 0 Å². The molecule has 4 nitrogen and oxygen atoms in total. The van der Waals surface area contributed by atoms with E-state index in [-0.39, 0.29) is 12.4 Å². The van der Waals surface area contributed by atoms with Crippen LogP contribution in [0.25, 0.3) is 0 Å². The summed E-state index contributed by atoms with van der Waals surface area (Å²) in [4.78, 5) is 11.1. The van der Waals surface area contributed by atoms with Gasteiger partial charge in [0.05, 0.1) is 26.4 Å². The number of ether oxygens (including phenoxy) is 3. The van der Waals surface area contributed by atoms with Crippen molar-refractivity contribution in [3.63, 3.8) is 0 Å². The number of carbonyl (C=O) groups excluding carboxylic acids is 1. The van der Waals surface area contributed by atoms with Gasteiger partial charge in [0, 0.05) is 12.5 Å². The fourth-order valence-corrected chi connectivity index (χ4v) is 1.72. The predicted molar refractivity (Wildman–Crippen MR) is 64.9 cm³/mol. The van der Waals surface area contributed by atoms with Gasteiger partial charge < -0.3 is 14.2 Å². The topological polar surface area (TPSA) is 44.8 Å². The van der Waals surface area contributed by atoms with Gasteiger partial charge in [-0.05, 0) is 18.1 Å². The van der Waals surface area contributed by atoms with Crippen molar-refractivity contribution in [1.82, 2.24) is 0 Å². The van der Waals surface area contributed by atoms with Gasteiger partial charge in [-0.1, -0.05) is 11.6 Å². The largest absolute Gasteiger partial charge is 0.496 e. The quantitative estimate of drug-likeness (QED) is 0.761. The first-order valence-corrected chi connectivity index (χ1v) is 5.47. The van der Waals surface area contributed by atoms with Crippen LogP contribution in [0.4, 0.5) is 0 Å². The Balaban J connectivity index is 2.90. The lowest BCUT2D eigenvalue weighted by Crippen LogP contribution is -2.03. The number of rotatable bonds is 5. The van der Waals surface area contributed by atoms with Crippen molar-refractivity contribution in [3.8, 4) is 11.5 Å². The molecular formula is C12H15ClO4. The highest BCUT2D eigenvalue weighted by Gasteiger charge is 2.11. The Kier molecular flexibility index (Phi) is 5.10. The first-order valence-electron chi connectivity index (χ1n) is 5.09. The van der Waals surface area contributed by atoms with E-state index in [1.54, 1.807) is 19.2 Å². The van der Waals surface area contributed by atoms with Crippen molar-refractivity contribution >= 4 is 17.6 Å². The van der Waals surface area contributed by atoms with E-state index in [0.29, 0.717) is 22.9 Å². The molecule has 17 heavy (non-hydrogen) atoms. The molecule has 5 heteroatoms. The van der Waals surface area contributed by atoms with Crippen molar-refractivity contribution in [2.75, 3.05) is 21.3 Å². The fourth-order valence-electron chi connectivity index (χ4n) is 1.46. The average molecular weight is 259 g/mol. The highest BCUT2D eigenvalue weighted by Crippen LogP contribution is 2.33. The Morgan fingerprint density at radius 1 is 1.18 bits per heavy atom. The molecule has 0 aromatic heterocycles. The molecule has 0 aliphatic heterocycles. The molecule has 0 saturated heterocycles. The Labute approximate surface area is 105 Å². The summed E-state index contributed by atoms with van der Waals surface area (Å²) in [7, 11) is 4.46. The average Bonchev–Trinajstić information content (AvgIpc) is 2.35. The Bertz CT molecular complexity index is 404. The summed E-state index contributed by atoms with van der Waals surface area (Å²) >= 11 is 6.01. The third-order valence-corrected chi connectivity index (χ3v) is 2.68. The summed E-state index contributed by atoms with van der Waals surface area (Å²) < 4.78 is 14.9. The maximum absolute atomic E-state index is 11.1. The van der Waals surface area contributed by atoms with Crippen molar-refractivity contribution in [3.05, 3.63) is 22.7 Å². The van der Waals surface area contributed by atoms with Crippen LogP contribution in [0, 0.1) is 0 Å². The van der Waals surface area contributed by atoms with Gasteiger partial charge in [-0.15, -0.1) is 0 Å². The van der Waals surface area contributed by atoms with E-state index in [4.69, 9.17) is 21.1 Å². The molecule has 0 spiro atoms. The van der Waals surface area contributed by atoms with Crippen LogP contribution in [0.3, 0.4) is 0 Å². The summed E-state index contributed by atoms with van der Waals surface area (Å²) in [5.41, 5.74) is 0.851. The smallest absolute Gasteiger partial charge is 0.305 e. The minimum atomic E-state index is -0.265. The van der Waals surface area contributed by atoms with Crippen LogP contribution in [0.1, 0.15) is 12.0 Å². The van der Waals surface area contributed by atoms with Crippen molar-refractivity contribution in [1.29, 1.82) is 0 Å². The van der Waals surface area contributed by atoms with Gasteiger partial charge in [-0.3, -0.25) is 4.79 Å². The van der Waals surface area contributed by atoms with Crippen LogP contribution in [0.5, 0.6) is 11.5 Å². The van der Waals surface area contributed by atoms with Gasteiger partial charge in [0.2, 0.25) is 0 Å². The van der Waals surface area contributed by atoms with Crippen LogP contribution in [0.15, 0.2) is 12.1 Å². The lowest BCUT2D eigenvalue weighted by molar-refractivity contribution is -0.140. The first-order chi connectivity index (χ1) is 8.12. The molecule has 0 atom stereocenters. The lowest BCUT2D eigenvalue weighted by Gasteiger charge is -2.11. The molecule has 0 amide bonds. The standard InChI is InChI=1S/C12H15ClO4/c1-15-10-7-11(16-2)9(13)6-8(10)4-5-12(14)17-3/h6-7H,4-5H2,1-3H3. The Morgan fingerprint density at radius 2 is 1.82 bits per heavy atom. The fraction of sp³-hybridized carbons (Fsp3) is 0.417. The second-order valence-corrected chi connectivity index (χ2v) is 3.78. The molecule has 0 aliphatic carbocycles. The monoisotopic (exact) mass is 258 g/mol. The molecule has 0 unspecified atom stereocenters. The third kappa shape index (κ3) is 3.53. The summed E-state index contributed by atoms with van der Waals surface area (Å²) in [5.74, 6) is 0.930. The number of esters is 1. The lowest BCUT2D eigenvalue weighted by atomic mass is 10.1. The SMILES string of the molecule is COC(=O)CCc1cc(Cl)c(OC)cc1OC. The van der Waals surface area contributed by atoms with Gasteiger partial charge >= 0.3 is 5.97 Å². The molecule has 0 radical (unpaired) electrons. The highest BCUT2D eigenvalue weighted by atomic mass is 35.5. The van der Waals surface area contributed by atoms with E-state index in [9.17, 15) is 4.79 Å². The van der Waals surface area contributed by atoms with E-state index in [1.165, 1.54) is 14.2 Å². The van der Waals surface area contributed by atoms with E-state index in [2.05, 4.69) is 4.74 Å². The molecule has 1 aromatic rings. The van der Waals surface area contributed by atoms with Crippen LogP contribution < -0.4 is 9.47 Å². The summed E-state index contributed by atoms with van der Waals surface area (Å²) in [6.07, 6.45) is 0.801. The number of carbonyl (C=O) groups is 1. The number of hydrogen-bond donors (Lipinski definition) is 0. The maximum Gasteiger partial charge on any atom is 0.305 e. The molecule has 0 fully saturated rings. The summed E-state index contributed by atoms with van der Waals surface area (Å²) in [6.45, 7) is 0. The van der Waals surface area contributed by atoms with E-state index in [1.807, 2.05) is 0 Å². The minimum Gasteiger partial charge on any atom is -0.496 e. The van der Waals surface area contributed by atoms with Crippen molar-refractivity contribution in [2.24, 2.45) is 0 Å². The molecule has 0 N–H and O–H groups in total. The second kappa shape index (κ2) is 6.35. The number of hydrogen-bond acceptors (Lipinski definition) is 4. The maximum atomic E-state index is 11.1. The molecule has 94 valence electrons. The third-order valence-electron chi connectivity index (χ3n) is 2.38. The van der Waals surface area contributed by atoms with Crippen molar-refractivity contribution in [2.45, 2.75) is 12.8 Å². The Morgan fingerprint density at radius 3 is 2.35 bits per heavy atom. The van der Waals surface area contributed by atoms with Crippen LogP contribution in [0.2, 0.25) is 5.02 Å². The normalized spacial score (nSPS) is 9.88. The molecular weight excluding hydrogens is 244 g/mol. The zero-order valence-corrected chi connectivity index (χ0v) is 10.8. The van der Waals surface area contributed by atoms with Gasteiger partial charge in [0.1, 0.15) is 11.5 Å². The van der Waals surface area contributed by atoms with Gasteiger partial charge in [-0.2, -0.15) is 0 Å². The number of methoxy groups -OCH3 is 3. The van der Waals surface area contributed by atoms with Crippen LogP contribution in [-0.4, -0.2) is 27.3 Å². The minimum absolute atomic E-state index is 0.265. The molecule has 1 rings (SSSR count). The number of benzene rings is 1. The molecule has 0 bridgehead atoms. The first kappa shape index (κ1) is 13.6. The second-order valence-electron chi connectivity index (χ2n) is 3.37. The summed E-state index contributed by atoms with van der Waals surface area (Å²) in [6, 6.07) is 3.44. The number of aryl methyl sites for hydroxylation is 1. The van der Waals surface area contributed by atoms with Gasteiger partial charge in [0.25, 0.3) is 0 Å². The van der Waals surface area contributed by atoms with Gasteiger partial charge in [-0.25, -0.2) is 0 Å². The summed E-state index contributed by atoms with van der Waals surface area (Å²) in [5, 5.41) is 0.494. The highest BCUT2D eigenvalue weighted by molar-refractivity contribution is 6.32. The Hall–Kier alpha value is -1.42. The molecule has 0 saturated carbocycles. The van der Waals surface area contributed by atoms with Crippen molar-refractivity contribution < 1.29 is 19.0 Å².